The van der Waals surface area contributed by atoms with Gasteiger partial charge in [0.15, 0.2) is 0 Å². The van der Waals surface area contributed by atoms with Crippen LogP contribution in [-0.2, 0) is 13.0 Å². The fourth-order valence-corrected chi connectivity index (χ4v) is 2.99. The zero-order chi connectivity index (χ0) is 14.5. The van der Waals surface area contributed by atoms with Crippen LogP contribution in [0.5, 0.6) is 0 Å². The minimum Gasteiger partial charge on any atom is -0.299 e. The second-order valence-electron chi connectivity index (χ2n) is 5.76. The summed E-state index contributed by atoms with van der Waals surface area (Å²) in [5.41, 5.74) is 2.01. The number of halogens is 1. The molecule has 4 heteroatoms. The quantitative estimate of drug-likeness (QED) is 0.864. The molecule has 0 spiro atoms. The normalized spacial score (nSPS) is 17.0. The molecule has 3 rings (SSSR count). The second-order valence-corrected chi connectivity index (χ2v) is 5.76. The smallest absolute Gasteiger partial charge is 0.126 e. The topological polar surface area (TPSA) is 29.0 Å². The Hall–Kier alpha value is -1.81. The van der Waals surface area contributed by atoms with Gasteiger partial charge in [-0.3, -0.25) is 4.90 Å². The van der Waals surface area contributed by atoms with Crippen molar-refractivity contribution in [3.63, 3.8) is 0 Å². The van der Waals surface area contributed by atoms with E-state index in [1.807, 2.05) is 24.5 Å². The summed E-state index contributed by atoms with van der Waals surface area (Å²) in [7, 11) is 0. The first-order valence-electron chi connectivity index (χ1n) is 7.51. The first-order valence-corrected chi connectivity index (χ1v) is 7.51. The van der Waals surface area contributed by atoms with Gasteiger partial charge in [0.25, 0.3) is 0 Å². The van der Waals surface area contributed by atoms with E-state index in [4.69, 9.17) is 0 Å². The van der Waals surface area contributed by atoms with E-state index in [1.165, 1.54) is 0 Å². The molecule has 0 atom stereocenters. The standard InChI is InChI=1S/C17H20FN3/c18-17-4-2-1-3-16(17)9-14-5-7-21(8-6-14)12-15-10-19-13-20-11-15/h1-4,10-11,13-14H,5-9,12H2. The van der Waals surface area contributed by atoms with Gasteiger partial charge >= 0.3 is 0 Å². The van der Waals surface area contributed by atoms with Gasteiger partial charge < -0.3 is 0 Å². The van der Waals surface area contributed by atoms with Gasteiger partial charge in [0.05, 0.1) is 0 Å². The van der Waals surface area contributed by atoms with E-state index in [0.29, 0.717) is 5.92 Å². The number of likely N-dealkylation sites (tertiary alicyclic amines) is 1. The molecule has 0 radical (unpaired) electrons. The predicted molar refractivity (Wildman–Crippen MR) is 80.1 cm³/mol. The van der Waals surface area contributed by atoms with Crippen LogP contribution in [0.4, 0.5) is 4.39 Å². The lowest BCUT2D eigenvalue weighted by atomic mass is 9.90. The Morgan fingerprint density at radius 2 is 1.81 bits per heavy atom. The van der Waals surface area contributed by atoms with Gasteiger partial charge in [-0.1, -0.05) is 18.2 Å². The highest BCUT2D eigenvalue weighted by Crippen LogP contribution is 2.23. The first-order chi connectivity index (χ1) is 10.3. The summed E-state index contributed by atoms with van der Waals surface area (Å²) in [6.07, 6.45) is 8.42. The molecule has 0 amide bonds. The molecule has 1 aliphatic rings. The molecule has 1 aliphatic heterocycles. The Bertz CT molecular complexity index is 565. The van der Waals surface area contributed by atoms with E-state index in [1.54, 1.807) is 18.5 Å². The molecule has 2 aromatic rings. The third-order valence-corrected chi connectivity index (χ3v) is 4.19. The van der Waals surface area contributed by atoms with Crippen LogP contribution in [0, 0.1) is 11.7 Å². The summed E-state index contributed by atoms with van der Waals surface area (Å²) < 4.78 is 13.7. The Morgan fingerprint density at radius 1 is 1.10 bits per heavy atom. The number of rotatable bonds is 4. The molecule has 0 saturated carbocycles. The molecule has 0 bridgehead atoms. The fraction of sp³-hybridized carbons (Fsp3) is 0.412. The number of piperidine rings is 1. The van der Waals surface area contributed by atoms with E-state index in [9.17, 15) is 4.39 Å². The minimum absolute atomic E-state index is 0.0682. The van der Waals surface area contributed by atoms with E-state index < -0.39 is 0 Å². The molecule has 1 saturated heterocycles. The van der Waals surface area contributed by atoms with Crippen LogP contribution in [-0.4, -0.2) is 28.0 Å². The number of hydrogen-bond acceptors (Lipinski definition) is 3. The van der Waals surface area contributed by atoms with Crippen LogP contribution in [0.2, 0.25) is 0 Å². The van der Waals surface area contributed by atoms with Gasteiger partial charge in [0, 0.05) is 24.5 Å². The summed E-state index contributed by atoms with van der Waals surface area (Å²) in [5, 5.41) is 0. The van der Waals surface area contributed by atoms with Crippen molar-refractivity contribution in [1.82, 2.24) is 14.9 Å². The Labute approximate surface area is 124 Å². The summed E-state index contributed by atoms with van der Waals surface area (Å²) >= 11 is 0. The SMILES string of the molecule is Fc1ccccc1CC1CCN(Cc2cncnc2)CC1. The van der Waals surface area contributed by atoms with Gasteiger partial charge in [-0.25, -0.2) is 14.4 Å². The molecule has 1 fully saturated rings. The molecule has 0 N–H and O–H groups in total. The summed E-state index contributed by atoms with van der Waals surface area (Å²) in [6.45, 7) is 3.04. The van der Waals surface area contributed by atoms with Gasteiger partial charge in [0.2, 0.25) is 0 Å². The number of nitrogens with zero attached hydrogens (tertiary/aromatic N) is 3. The number of benzene rings is 1. The van der Waals surface area contributed by atoms with Crippen LogP contribution in [0.15, 0.2) is 43.0 Å². The van der Waals surface area contributed by atoms with Crippen LogP contribution in [0.25, 0.3) is 0 Å². The Balaban J connectivity index is 1.50. The van der Waals surface area contributed by atoms with Crippen molar-refractivity contribution in [3.8, 4) is 0 Å². The summed E-state index contributed by atoms with van der Waals surface area (Å²) in [5.74, 6) is 0.520. The predicted octanol–water partition coefficient (Wildman–Crippen LogP) is 3.07. The van der Waals surface area contributed by atoms with Gasteiger partial charge in [-0.15, -0.1) is 0 Å². The average Bonchev–Trinajstić information content (AvgIpc) is 2.52. The zero-order valence-electron chi connectivity index (χ0n) is 12.1. The molecule has 110 valence electrons. The average molecular weight is 285 g/mol. The van der Waals surface area contributed by atoms with Gasteiger partial charge in [-0.05, 0) is 49.9 Å². The third kappa shape index (κ3) is 3.85. The highest BCUT2D eigenvalue weighted by molar-refractivity contribution is 5.18. The number of hydrogen-bond donors (Lipinski definition) is 0. The van der Waals surface area contributed by atoms with Crippen molar-refractivity contribution >= 4 is 0 Å². The molecule has 2 heterocycles. The van der Waals surface area contributed by atoms with Gasteiger partial charge in [-0.2, -0.15) is 0 Å². The molecule has 0 aliphatic carbocycles. The first kappa shape index (κ1) is 14.1. The summed E-state index contributed by atoms with van der Waals surface area (Å²) in [4.78, 5) is 10.5. The van der Waals surface area contributed by atoms with Crippen molar-refractivity contribution < 1.29 is 4.39 Å². The highest BCUT2D eigenvalue weighted by atomic mass is 19.1. The molecule has 1 aromatic carbocycles. The van der Waals surface area contributed by atoms with Crippen LogP contribution >= 0.6 is 0 Å². The lowest BCUT2D eigenvalue weighted by Crippen LogP contribution is -2.34. The van der Waals surface area contributed by atoms with Crippen molar-refractivity contribution in [2.75, 3.05) is 13.1 Å². The van der Waals surface area contributed by atoms with Crippen LogP contribution in [0.1, 0.15) is 24.0 Å². The van der Waals surface area contributed by atoms with E-state index in [0.717, 1.165) is 50.0 Å². The van der Waals surface area contributed by atoms with Crippen molar-refractivity contribution in [1.29, 1.82) is 0 Å². The molecule has 1 aromatic heterocycles. The molecule has 3 nitrogen and oxygen atoms in total. The lowest BCUT2D eigenvalue weighted by molar-refractivity contribution is 0.176. The summed E-state index contributed by atoms with van der Waals surface area (Å²) in [6, 6.07) is 7.13. The largest absolute Gasteiger partial charge is 0.299 e. The monoisotopic (exact) mass is 285 g/mol. The highest BCUT2D eigenvalue weighted by Gasteiger charge is 2.20. The molecule has 21 heavy (non-hydrogen) atoms. The maximum atomic E-state index is 13.7. The Kier molecular flexibility index (Phi) is 4.55. The Morgan fingerprint density at radius 3 is 2.52 bits per heavy atom. The van der Waals surface area contributed by atoms with Crippen molar-refractivity contribution in [3.05, 3.63) is 59.9 Å². The maximum absolute atomic E-state index is 13.7. The third-order valence-electron chi connectivity index (χ3n) is 4.19. The molecular weight excluding hydrogens is 265 g/mol. The van der Waals surface area contributed by atoms with E-state index in [2.05, 4.69) is 14.9 Å². The van der Waals surface area contributed by atoms with Gasteiger partial charge in [0.1, 0.15) is 12.1 Å². The second kappa shape index (κ2) is 6.76. The maximum Gasteiger partial charge on any atom is 0.126 e. The van der Waals surface area contributed by atoms with Crippen molar-refractivity contribution in [2.45, 2.75) is 25.8 Å². The lowest BCUT2D eigenvalue weighted by Gasteiger charge is -2.31. The molecule has 0 unspecified atom stereocenters. The van der Waals surface area contributed by atoms with Crippen LogP contribution in [0.3, 0.4) is 0 Å². The van der Waals surface area contributed by atoms with E-state index >= 15 is 0 Å². The van der Waals surface area contributed by atoms with Crippen LogP contribution < -0.4 is 0 Å². The number of aromatic nitrogens is 2. The molecular formula is C17H20FN3. The fourth-order valence-electron chi connectivity index (χ4n) is 2.99. The van der Waals surface area contributed by atoms with Crippen molar-refractivity contribution in [2.24, 2.45) is 5.92 Å². The minimum atomic E-state index is -0.0682. The zero-order valence-corrected chi connectivity index (χ0v) is 12.1. The van der Waals surface area contributed by atoms with E-state index in [-0.39, 0.29) is 5.82 Å².